The van der Waals surface area contributed by atoms with Gasteiger partial charge in [0.05, 0.1) is 0 Å². The molecule has 1 aliphatic rings. The predicted molar refractivity (Wildman–Crippen MR) is 45.9 cm³/mol. The van der Waals surface area contributed by atoms with Gasteiger partial charge >= 0.3 is 0 Å². The minimum absolute atomic E-state index is 0.466. The lowest BCUT2D eigenvalue weighted by Crippen LogP contribution is -1.93. The van der Waals surface area contributed by atoms with Gasteiger partial charge in [-0.05, 0) is 18.1 Å². The molecule has 0 unspecified atom stereocenters. The van der Waals surface area contributed by atoms with E-state index in [2.05, 4.69) is 6.08 Å². The van der Waals surface area contributed by atoms with E-state index in [1.807, 2.05) is 18.2 Å². The van der Waals surface area contributed by atoms with Crippen molar-refractivity contribution in [2.45, 2.75) is 6.42 Å². The minimum atomic E-state index is 0.466. The Hall–Kier alpha value is -1.57. The van der Waals surface area contributed by atoms with Crippen molar-refractivity contribution in [2.75, 3.05) is 0 Å². The van der Waals surface area contributed by atoms with Gasteiger partial charge in [0.25, 0.3) is 6.47 Å². The van der Waals surface area contributed by atoms with Crippen molar-refractivity contribution >= 4 is 12.5 Å². The molecule has 0 heterocycles. The first-order valence-electron chi connectivity index (χ1n) is 3.80. The predicted octanol–water partition coefficient (Wildman–Crippen LogP) is 1.79. The van der Waals surface area contributed by atoms with Crippen LogP contribution in [0.1, 0.15) is 11.1 Å². The van der Waals surface area contributed by atoms with Gasteiger partial charge in [0, 0.05) is 5.56 Å². The van der Waals surface area contributed by atoms with Crippen molar-refractivity contribution < 1.29 is 9.53 Å². The lowest BCUT2D eigenvalue weighted by Gasteiger charge is -2.03. The van der Waals surface area contributed by atoms with Gasteiger partial charge in [-0.15, -0.1) is 0 Å². The third-order valence-electron chi connectivity index (χ3n) is 1.96. The van der Waals surface area contributed by atoms with Crippen LogP contribution in [0.3, 0.4) is 0 Å². The fourth-order valence-corrected chi connectivity index (χ4v) is 1.42. The molecule has 0 saturated heterocycles. The van der Waals surface area contributed by atoms with Crippen LogP contribution in [0.25, 0.3) is 6.08 Å². The van der Waals surface area contributed by atoms with Crippen LogP contribution in [0.2, 0.25) is 0 Å². The molecule has 2 rings (SSSR count). The average molecular weight is 160 g/mol. The largest absolute Gasteiger partial charge is 0.428 e. The van der Waals surface area contributed by atoms with Crippen LogP contribution in [-0.2, 0) is 11.2 Å². The molecule has 60 valence electrons. The first-order valence-corrected chi connectivity index (χ1v) is 3.80. The molecule has 0 aromatic heterocycles. The van der Waals surface area contributed by atoms with Gasteiger partial charge in [0.1, 0.15) is 5.75 Å². The Morgan fingerprint density at radius 3 is 3.17 bits per heavy atom. The highest BCUT2D eigenvalue weighted by atomic mass is 16.5. The van der Waals surface area contributed by atoms with E-state index in [0.29, 0.717) is 12.2 Å². The molecule has 0 amide bonds. The molecule has 1 aromatic rings. The van der Waals surface area contributed by atoms with E-state index in [-0.39, 0.29) is 0 Å². The number of hydrogen-bond donors (Lipinski definition) is 0. The van der Waals surface area contributed by atoms with E-state index in [1.165, 1.54) is 0 Å². The monoisotopic (exact) mass is 160 g/mol. The lowest BCUT2D eigenvalue weighted by atomic mass is 10.1. The third-order valence-corrected chi connectivity index (χ3v) is 1.96. The van der Waals surface area contributed by atoms with Crippen molar-refractivity contribution in [3.63, 3.8) is 0 Å². The molecule has 12 heavy (non-hydrogen) atoms. The number of allylic oxidation sites excluding steroid dienone is 1. The molecule has 0 spiro atoms. The number of carbonyl (C=O) groups is 1. The van der Waals surface area contributed by atoms with Crippen LogP contribution in [0.5, 0.6) is 5.75 Å². The Balaban J connectivity index is 2.45. The molecule has 0 bridgehead atoms. The van der Waals surface area contributed by atoms with Crippen molar-refractivity contribution in [1.82, 2.24) is 0 Å². The molecule has 0 radical (unpaired) electrons. The molecule has 1 aliphatic carbocycles. The van der Waals surface area contributed by atoms with Crippen LogP contribution in [0.15, 0.2) is 24.3 Å². The van der Waals surface area contributed by atoms with Crippen molar-refractivity contribution in [1.29, 1.82) is 0 Å². The van der Waals surface area contributed by atoms with Crippen LogP contribution >= 0.6 is 0 Å². The quantitative estimate of drug-likeness (QED) is 0.616. The van der Waals surface area contributed by atoms with Crippen molar-refractivity contribution in [2.24, 2.45) is 0 Å². The molecule has 0 aliphatic heterocycles. The second kappa shape index (κ2) is 2.81. The summed E-state index contributed by atoms with van der Waals surface area (Å²) in [5.41, 5.74) is 2.25. The van der Waals surface area contributed by atoms with Crippen molar-refractivity contribution in [3.8, 4) is 5.75 Å². The van der Waals surface area contributed by atoms with Gasteiger partial charge in [-0.2, -0.15) is 0 Å². The number of hydrogen-bond acceptors (Lipinski definition) is 2. The Morgan fingerprint density at radius 2 is 2.33 bits per heavy atom. The summed E-state index contributed by atoms with van der Waals surface area (Å²) in [5.74, 6) is 0.674. The molecule has 2 nitrogen and oxygen atoms in total. The molecule has 0 N–H and O–H groups in total. The molecular weight excluding hydrogens is 152 g/mol. The van der Waals surface area contributed by atoms with Crippen molar-refractivity contribution in [3.05, 3.63) is 35.4 Å². The van der Waals surface area contributed by atoms with Gasteiger partial charge in [-0.1, -0.05) is 24.3 Å². The fraction of sp³-hybridized carbons (Fsp3) is 0.100. The number of fused-ring (bicyclic) bond motifs is 1. The molecule has 1 aromatic carbocycles. The number of benzene rings is 1. The number of rotatable bonds is 2. The maximum absolute atomic E-state index is 10.1. The zero-order valence-electron chi connectivity index (χ0n) is 6.49. The summed E-state index contributed by atoms with van der Waals surface area (Å²) >= 11 is 0. The van der Waals surface area contributed by atoms with Crippen LogP contribution < -0.4 is 4.74 Å². The van der Waals surface area contributed by atoms with E-state index in [9.17, 15) is 4.79 Å². The summed E-state index contributed by atoms with van der Waals surface area (Å²) < 4.78 is 4.83. The van der Waals surface area contributed by atoms with Crippen LogP contribution in [0, 0.1) is 0 Å². The van der Waals surface area contributed by atoms with Gasteiger partial charge in [0.15, 0.2) is 0 Å². The molecule has 2 heteroatoms. The topological polar surface area (TPSA) is 26.3 Å². The highest BCUT2D eigenvalue weighted by Gasteiger charge is 2.09. The summed E-state index contributed by atoms with van der Waals surface area (Å²) in [6.45, 7) is 0.466. The van der Waals surface area contributed by atoms with E-state index in [1.54, 1.807) is 6.07 Å². The summed E-state index contributed by atoms with van der Waals surface area (Å²) in [4.78, 5) is 10.1. The van der Waals surface area contributed by atoms with Gasteiger partial charge in [-0.3, -0.25) is 4.79 Å². The molecule has 0 saturated carbocycles. The smallest absolute Gasteiger partial charge is 0.298 e. The lowest BCUT2D eigenvalue weighted by molar-refractivity contribution is -0.120. The average Bonchev–Trinajstić information content (AvgIpc) is 2.53. The summed E-state index contributed by atoms with van der Waals surface area (Å²) in [5, 5.41) is 0. The first-order chi connectivity index (χ1) is 5.92. The van der Waals surface area contributed by atoms with Gasteiger partial charge < -0.3 is 4.74 Å². The zero-order chi connectivity index (χ0) is 8.39. The Kier molecular flexibility index (Phi) is 1.67. The Labute approximate surface area is 70.5 Å². The molecule has 0 fully saturated rings. The van der Waals surface area contributed by atoms with E-state index >= 15 is 0 Å². The number of ether oxygens (including phenoxy) is 1. The standard InChI is InChI=1S/C10H8O2/c11-7-12-10-6-2-4-8-3-1-5-9(8)10/h1-4,6-7H,5H2. The maximum atomic E-state index is 10.1. The van der Waals surface area contributed by atoms with E-state index < -0.39 is 0 Å². The van der Waals surface area contributed by atoms with Gasteiger partial charge in [-0.25, -0.2) is 0 Å². The van der Waals surface area contributed by atoms with E-state index in [0.717, 1.165) is 17.5 Å². The Bertz CT molecular complexity index is 340. The normalized spacial score (nSPS) is 12.7. The summed E-state index contributed by atoms with van der Waals surface area (Å²) in [6, 6.07) is 5.70. The molecule has 0 atom stereocenters. The van der Waals surface area contributed by atoms with Crippen LogP contribution in [-0.4, -0.2) is 6.47 Å². The summed E-state index contributed by atoms with van der Waals surface area (Å²) in [7, 11) is 0. The zero-order valence-corrected chi connectivity index (χ0v) is 6.49. The highest BCUT2D eigenvalue weighted by molar-refractivity contribution is 5.65. The second-order valence-electron chi connectivity index (χ2n) is 2.64. The SMILES string of the molecule is O=COc1cccc2c1CC=C2. The maximum Gasteiger partial charge on any atom is 0.298 e. The minimum Gasteiger partial charge on any atom is -0.428 e. The second-order valence-corrected chi connectivity index (χ2v) is 2.64. The first kappa shape index (κ1) is 7.10. The third kappa shape index (κ3) is 1.01. The highest BCUT2D eigenvalue weighted by Crippen LogP contribution is 2.28. The Morgan fingerprint density at radius 1 is 1.42 bits per heavy atom. The molecular formula is C10H8O2. The fourth-order valence-electron chi connectivity index (χ4n) is 1.42. The number of carbonyl (C=O) groups excluding carboxylic acids is 1. The van der Waals surface area contributed by atoms with Gasteiger partial charge in [0.2, 0.25) is 0 Å². The van der Waals surface area contributed by atoms with Crippen LogP contribution in [0.4, 0.5) is 0 Å². The summed E-state index contributed by atoms with van der Waals surface area (Å²) in [6.07, 6.45) is 4.95. The van der Waals surface area contributed by atoms with E-state index in [4.69, 9.17) is 4.74 Å².